The Kier molecular flexibility index (Phi) is 3.87. The third kappa shape index (κ3) is 3.64. The average Bonchev–Trinajstić information content (AvgIpc) is 2.23. The quantitative estimate of drug-likeness (QED) is 0.860. The van der Waals surface area contributed by atoms with Crippen LogP contribution >= 0.6 is 0 Å². The summed E-state index contributed by atoms with van der Waals surface area (Å²) in [5.41, 5.74) is 0. The molecule has 0 aromatic carbocycles. The largest absolute Gasteiger partial charge is 0.455 e. The molecule has 1 rings (SSSR count). The molecule has 0 saturated carbocycles. The first-order chi connectivity index (χ1) is 8.14. The van der Waals surface area contributed by atoms with Gasteiger partial charge in [-0.3, -0.25) is 0 Å². The SMILES string of the molecule is CNc1cc(OC(C(F)(F)F)C(F)(F)F)ncn1. The minimum Gasteiger partial charge on any atom is -0.455 e. The van der Waals surface area contributed by atoms with Crippen LogP contribution in [0.4, 0.5) is 32.2 Å². The van der Waals surface area contributed by atoms with Gasteiger partial charge in [0.25, 0.3) is 6.10 Å². The van der Waals surface area contributed by atoms with Crippen LogP contribution in [0, 0.1) is 0 Å². The van der Waals surface area contributed by atoms with Crippen LogP contribution < -0.4 is 10.1 Å². The molecular formula is C8H7F6N3O. The highest BCUT2D eigenvalue weighted by atomic mass is 19.4. The summed E-state index contributed by atoms with van der Waals surface area (Å²) in [5, 5.41) is 2.42. The van der Waals surface area contributed by atoms with Crippen LogP contribution in [0.2, 0.25) is 0 Å². The van der Waals surface area contributed by atoms with E-state index in [9.17, 15) is 26.3 Å². The van der Waals surface area contributed by atoms with Crippen molar-refractivity contribution >= 4 is 5.82 Å². The molecule has 0 saturated heterocycles. The Morgan fingerprint density at radius 1 is 1.11 bits per heavy atom. The summed E-state index contributed by atoms with van der Waals surface area (Å²) in [6.07, 6.45) is -14.3. The van der Waals surface area contributed by atoms with Gasteiger partial charge in [-0.05, 0) is 0 Å². The lowest BCUT2D eigenvalue weighted by Gasteiger charge is -2.23. The van der Waals surface area contributed by atoms with Gasteiger partial charge in [-0.1, -0.05) is 0 Å². The summed E-state index contributed by atoms with van der Waals surface area (Å²) in [4.78, 5) is 6.71. The van der Waals surface area contributed by atoms with Crippen molar-refractivity contribution in [3.05, 3.63) is 12.4 Å². The smallest absolute Gasteiger partial charge is 0.434 e. The molecule has 0 aliphatic rings. The maximum atomic E-state index is 12.2. The van der Waals surface area contributed by atoms with Gasteiger partial charge in [-0.2, -0.15) is 26.3 Å². The van der Waals surface area contributed by atoms with Crippen LogP contribution in [-0.4, -0.2) is 35.5 Å². The summed E-state index contributed by atoms with van der Waals surface area (Å²) in [6, 6.07) is 0.824. The molecule has 1 heterocycles. The number of aromatic nitrogens is 2. The summed E-state index contributed by atoms with van der Waals surface area (Å²) in [7, 11) is 1.39. The standard InChI is InChI=1S/C8H7F6N3O/c1-15-4-2-5(17-3-16-4)18-6(7(9,10)11)8(12,13)14/h2-3,6H,1H3,(H,15,16,17). The number of ether oxygens (including phenoxy) is 1. The topological polar surface area (TPSA) is 47.0 Å². The fourth-order valence-electron chi connectivity index (χ4n) is 0.981. The van der Waals surface area contributed by atoms with E-state index in [4.69, 9.17) is 0 Å². The van der Waals surface area contributed by atoms with Crippen molar-refractivity contribution in [2.45, 2.75) is 18.5 Å². The van der Waals surface area contributed by atoms with Gasteiger partial charge in [0.1, 0.15) is 12.1 Å². The van der Waals surface area contributed by atoms with Crippen molar-refractivity contribution in [1.82, 2.24) is 9.97 Å². The molecule has 0 unspecified atom stereocenters. The Morgan fingerprint density at radius 3 is 2.11 bits per heavy atom. The molecule has 1 N–H and O–H groups in total. The van der Waals surface area contributed by atoms with Crippen molar-refractivity contribution in [3.63, 3.8) is 0 Å². The predicted molar refractivity (Wildman–Crippen MR) is 48.1 cm³/mol. The lowest BCUT2D eigenvalue weighted by atomic mass is 10.3. The molecule has 0 aliphatic heterocycles. The molecule has 1 aromatic rings. The van der Waals surface area contributed by atoms with E-state index in [1.807, 2.05) is 0 Å². The molecule has 18 heavy (non-hydrogen) atoms. The molecule has 0 amide bonds. The monoisotopic (exact) mass is 275 g/mol. The molecule has 0 bridgehead atoms. The normalized spacial score (nSPS) is 12.7. The Bertz CT molecular complexity index is 391. The first-order valence-electron chi connectivity index (χ1n) is 4.44. The number of nitrogens with zero attached hydrogens (tertiary/aromatic N) is 2. The minimum absolute atomic E-state index is 0.0306. The lowest BCUT2D eigenvalue weighted by molar-refractivity contribution is -0.300. The van der Waals surface area contributed by atoms with Gasteiger partial charge >= 0.3 is 12.4 Å². The van der Waals surface area contributed by atoms with Crippen LogP contribution in [0.3, 0.4) is 0 Å². The zero-order chi connectivity index (χ0) is 14.0. The van der Waals surface area contributed by atoms with Gasteiger partial charge in [0.2, 0.25) is 5.88 Å². The Hall–Kier alpha value is -1.74. The maximum absolute atomic E-state index is 12.2. The molecule has 0 atom stereocenters. The molecule has 0 spiro atoms. The number of nitrogens with one attached hydrogen (secondary N) is 1. The minimum atomic E-state index is -5.58. The molecule has 1 aromatic heterocycles. The van der Waals surface area contributed by atoms with Crippen molar-refractivity contribution in [2.75, 3.05) is 12.4 Å². The van der Waals surface area contributed by atoms with E-state index in [0.29, 0.717) is 0 Å². The van der Waals surface area contributed by atoms with Gasteiger partial charge in [-0.25, -0.2) is 9.97 Å². The second kappa shape index (κ2) is 4.86. The van der Waals surface area contributed by atoms with Crippen molar-refractivity contribution in [2.24, 2.45) is 0 Å². The molecule has 0 radical (unpaired) electrons. The van der Waals surface area contributed by atoms with E-state index in [1.54, 1.807) is 0 Å². The fraction of sp³-hybridized carbons (Fsp3) is 0.500. The van der Waals surface area contributed by atoms with Crippen LogP contribution in [0.5, 0.6) is 5.88 Å². The highest BCUT2D eigenvalue weighted by molar-refractivity contribution is 5.36. The van der Waals surface area contributed by atoms with Gasteiger partial charge in [0, 0.05) is 13.1 Å². The number of hydrogen-bond donors (Lipinski definition) is 1. The Labute approximate surface area is 97.0 Å². The molecular weight excluding hydrogens is 268 g/mol. The van der Waals surface area contributed by atoms with Gasteiger partial charge in [0.15, 0.2) is 0 Å². The van der Waals surface area contributed by atoms with Crippen molar-refractivity contribution in [1.29, 1.82) is 0 Å². The van der Waals surface area contributed by atoms with Gasteiger partial charge in [-0.15, -0.1) is 0 Å². The molecule has 0 fully saturated rings. The van der Waals surface area contributed by atoms with E-state index in [2.05, 4.69) is 20.0 Å². The summed E-state index contributed by atoms with van der Waals surface area (Å²) in [6.45, 7) is 0. The number of anilines is 1. The Balaban J connectivity index is 2.97. The molecule has 4 nitrogen and oxygen atoms in total. The van der Waals surface area contributed by atoms with Crippen LogP contribution in [0.25, 0.3) is 0 Å². The number of hydrogen-bond acceptors (Lipinski definition) is 4. The summed E-state index contributed by atoms with van der Waals surface area (Å²) in [5.74, 6) is -0.794. The molecule has 102 valence electrons. The lowest BCUT2D eigenvalue weighted by Crippen LogP contribution is -2.46. The van der Waals surface area contributed by atoms with Gasteiger partial charge < -0.3 is 10.1 Å². The van der Waals surface area contributed by atoms with E-state index < -0.39 is 24.3 Å². The maximum Gasteiger partial charge on any atom is 0.434 e. The van der Waals surface area contributed by atoms with Crippen molar-refractivity contribution < 1.29 is 31.1 Å². The highest BCUT2D eigenvalue weighted by Gasteiger charge is 2.59. The summed E-state index contributed by atoms with van der Waals surface area (Å²) < 4.78 is 76.9. The Morgan fingerprint density at radius 2 is 1.67 bits per heavy atom. The van der Waals surface area contributed by atoms with Crippen LogP contribution in [0.15, 0.2) is 12.4 Å². The first-order valence-corrected chi connectivity index (χ1v) is 4.44. The van der Waals surface area contributed by atoms with Crippen LogP contribution in [0.1, 0.15) is 0 Å². The summed E-state index contributed by atoms with van der Waals surface area (Å²) >= 11 is 0. The van der Waals surface area contributed by atoms with E-state index >= 15 is 0 Å². The second-order valence-corrected chi connectivity index (χ2v) is 3.07. The number of alkyl halides is 6. The molecule has 10 heteroatoms. The highest BCUT2D eigenvalue weighted by Crippen LogP contribution is 2.36. The van der Waals surface area contributed by atoms with E-state index in [-0.39, 0.29) is 5.82 Å². The first kappa shape index (κ1) is 14.3. The number of halogens is 6. The number of rotatable bonds is 3. The van der Waals surface area contributed by atoms with Crippen LogP contribution in [-0.2, 0) is 0 Å². The van der Waals surface area contributed by atoms with Crippen molar-refractivity contribution in [3.8, 4) is 5.88 Å². The third-order valence-corrected chi connectivity index (χ3v) is 1.73. The van der Waals surface area contributed by atoms with E-state index in [1.165, 1.54) is 7.05 Å². The second-order valence-electron chi connectivity index (χ2n) is 3.07. The van der Waals surface area contributed by atoms with Gasteiger partial charge in [0.05, 0.1) is 0 Å². The fourth-order valence-corrected chi connectivity index (χ4v) is 0.981. The van der Waals surface area contributed by atoms with E-state index in [0.717, 1.165) is 12.4 Å². The third-order valence-electron chi connectivity index (χ3n) is 1.73. The zero-order valence-corrected chi connectivity index (χ0v) is 8.80. The zero-order valence-electron chi connectivity index (χ0n) is 8.80. The average molecular weight is 275 g/mol. The molecule has 0 aliphatic carbocycles. The predicted octanol–water partition coefficient (Wildman–Crippen LogP) is 2.39.